The van der Waals surface area contributed by atoms with Crippen molar-refractivity contribution in [3.05, 3.63) is 0 Å². The second-order valence-electron chi connectivity index (χ2n) is 4.71. The fourth-order valence-corrected chi connectivity index (χ4v) is 2.12. The van der Waals surface area contributed by atoms with Gasteiger partial charge < -0.3 is 14.2 Å². The van der Waals surface area contributed by atoms with E-state index in [2.05, 4.69) is 10.9 Å². The Hall–Kier alpha value is -1.19. The Morgan fingerprint density at radius 3 is 2.74 bits per heavy atom. The number of hydrogen-bond donors (Lipinski definition) is 2. The lowest BCUT2D eigenvalue weighted by molar-refractivity contribution is -0.145. The average Bonchev–Trinajstić information content (AvgIpc) is 2.34. The Balaban J connectivity index is 2.61. The Morgan fingerprint density at radius 2 is 2.32 bits per heavy atom. The zero-order valence-corrected chi connectivity index (χ0v) is 11.9. The first-order valence-electron chi connectivity index (χ1n) is 5.78. The number of rotatable bonds is 6. The lowest BCUT2D eigenvalue weighted by Gasteiger charge is -2.44. The van der Waals surface area contributed by atoms with Gasteiger partial charge >= 0.3 is 6.09 Å². The number of carbonyl (C=O) groups excluding carboxylic acids is 2. The van der Waals surface area contributed by atoms with Crippen molar-refractivity contribution in [3.8, 4) is 0 Å². The third-order valence-corrected chi connectivity index (χ3v) is 4.02. The monoisotopic (exact) mass is 292 g/mol. The van der Waals surface area contributed by atoms with E-state index in [4.69, 9.17) is 4.74 Å². The number of carbonyl (C=O) groups is 2. The lowest BCUT2D eigenvalue weighted by Crippen LogP contribution is -2.58. The smallest absolute Gasteiger partial charge is 0.421 e. The fraction of sp³-hybridized carbons (Fsp3) is 0.800. The Morgan fingerprint density at radius 1 is 1.68 bits per heavy atom. The molecule has 0 aliphatic carbocycles. The maximum absolute atomic E-state index is 11.4. The van der Waals surface area contributed by atoms with Crippen LogP contribution in [0.2, 0.25) is 0 Å². The van der Waals surface area contributed by atoms with Crippen molar-refractivity contribution in [1.82, 2.24) is 15.8 Å². The van der Waals surface area contributed by atoms with Crippen LogP contribution < -0.4 is 10.9 Å². The summed E-state index contributed by atoms with van der Waals surface area (Å²) >= 11 is -2.48. The van der Waals surface area contributed by atoms with Crippen molar-refractivity contribution >= 4 is 23.1 Å². The molecule has 0 bridgehead atoms. The molecule has 1 fully saturated rings. The number of nitrogens with zero attached hydrogens (tertiary/aromatic N) is 1. The van der Waals surface area contributed by atoms with E-state index in [-0.39, 0.29) is 25.1 Å². The van der Waals surface area contributed by atoms with Crippen LogP contribution in [0.4, 0.5) is 4.79 Å². The van der Waals surface area contributed by atoms with Gasteiger partial charge in [-0.15, -0.1) is 0 Å². The summed E-state index contributed by atoms with van der Waals surface area (Å²) in [5.74, 6) is -0.0937. The van der Waals surface area contributed by atoms with Crippen molar-refractivity contribution in [2.45, 2.75) is 31.1 Å². The molecule has 1 rings (SSSR count). The van der Waals surface area contributed by atoms with Crippen LogP contribution in [0.25, 0.3) is 0 Å². The normalized spacial score (nSPS) is 23.3. The topological polar surface area (TPSA) is 111 Å². The number of nitrogens with one attached hydrogen (secondary N) is 2. The third-order valence-electron chi connectivity index (χ3n) is 2.97. The zero-order chi connectivity index (χ0) is 14.6. The van der Waals surface area contributed by atoms with Gasteiger partial charge in [-0.1, -0.05) is 0 Å². The third kappa shape index (κ3) is 3.88. The fourth-order valence-electron chi connectivity index (χ4n) is 1.72. The van der Waals surface area contributed by atoms with Gasteiger partial charge in [0.05, 0.1) is 4.75 Å². The molecule has 0 spiro atoms. The SMILES string of the molecule is CNNC(=O)OC[C@@](C)(CN1C(=O)C[C@H]1C)S(=O)[O-]. The van der Waals surface area contributed by atoms with Gasteiger partial charge in [-0.05, 0) is 24.9 Å². The molecule has 1 unspecified atom stereocenters. The van der Waals surface area contributed by atoms with Crippen molar-refractivity contribution in [1.29, 1.82) is 0 Å². The van der Waals surface area contributed by atoms with Crippen LogP contribution in [0.3, 0.4) is 0 Å². The van der Waals surface area contributed by atoms with E-state index in [1.807, 2.05) is 6.92 Å². The van der Waals surface area contributed by atoms with Gasteiger partial charge in [0.15, 0.2) is 0 Å². The van der Waals surface area contributed by atoms with E-state index < -0.39 is 21.9 Å². The molecule has 1 heterocycles. The first kappa shape index (κ1) is 15.9. The molecule has 0 saturated carbocycles. The quantitative estimate of drug-likeness (QED) is 0.373. The van der Waals surface area contributed by atoms with Gasteiger partial charge in [-0.25, -0.2) is 10.2 Å². The van der Waals surface area contributed by atoms with Crippen LogP contribution >= 0.6 is 0 Å². The minimum Gasteiger partial charge on any atom is -0.772 e. The number of likely N-dealkylation sites (tertiary alicyclic amines) is 1. The molecule has 0 aromatic heterocycles. The molecule has 0 aromatic rings. The molecule has 1 aliphatic rings. The standard InChI is InChI=1S/C10H19N3O5S/c1-7-4-8(14)13(7)5-10(2,19(16)17)6-18-9(15)12-11-3/h7,11H,4-6H2,1-3H3,(H,12,15)(H,16,17)/p-1/t7-,10-/m1/s1. The van der Waals surface area contributed by atoms with Gasteiger partial charge in [0.1, 0.15) is 6.61 Å². The van der Waals surface area contributed by atoms with Crippen molar-refractivity contribution in [2.24, 2.45) is 0 Å². The molecule has 3 atom stereocenters. The summed E-state index contributed by atoms with van der Waals surface area (Å²) in [5.41, 5.74) is 4.53. The van der Waals surface area contributed by atoms with Gasteiger partial charge in [0.25, 0.3) is 0 Å². The van der Waals surface area contributed by atoms with Crippen molar-refractivity contribution in [2.75, 3.05) is 20.2 Å². The maximum atomic E-state index is 11.4. The number of hydrogen-bond acceptors (Lipinski definition) is 6. The Labute approximate surface area is 114 Å². The molecule has 1 aliphatic heterocycles. The molecule has 2 N–H and O–H groups in total. The first-order valence-corrected chi connectivity index (χ1v) is 6.86. The molecular formula is C10H18N3O5S-. The van der Waals surface area contributed by atoms with Crippen molar-refractivity contribution in [3.63, 3.8) is 0 Å². The Bertz CT molecular complexity index is 391. The highest BCUT2D eigenvalue weighted by molar-refractivity contribution is 7.80. The maximum Gasteiger partial charge on any atom is 0.421 e. The van der Waals surface area contributed by atoms with Crippen LogP contribution in [0.5, 0.6) is 0 Å². The average molecular weight is 292 g/mol. The van der Waals surface area contributed by atoms with Crippen LogP contribution in [-0.2, 0) is 20.6 Å². The van der Waals surface area contributed by atoms with Crippen molar-refractivity contribution < 1.29 is 23.1 Å². The molecule has 19 heavy (non-hydrogen) atoms. The minimum absolute atomic E-state index is 0.00987. The highest BCUT2D eigenvalue weighted by atomic mass is 32.2. The molecule has 0 aromatic carbocycles. The highest BCUT2D eigenvalue weighted by Gasteiger charge is 2.39. The van der Waals surface area contributed by atoms with Gasteiger partial charge in [0.2, 0.25) is 5.91 Å². The second kappa shape index (κ2) is 6.31. The van der Waals surface area contributed by atoms with E-state index in [0.29, 0.717) is 6.42 Å². The number of β-lactam (4-membered cyclic amide) rings is 1. The van der Waals surface area contributed by atoms with Crippen LogP contribution in [0.15, 0.2) is 0 Å². The van der Waals surface area contributed by atoms with E-state index in [1.165, 1.54) is 18.9 Å². The van der Waals surface area contributed by atoms with Gasteiger partial charge in [0, 0.05) is 26.1 Å². The summed E-state index contributed by atoms with van der Waals surface area (Å²) in [4.78, 5) is 24.0. The number of hydrazine groups is 1. The zero-order valence-electron chi connectivity index (χ0n) is 11.1. The molecule has 8 nitrogen and oxygen atoms in total. The molecule has 0 radical (unpaired) electrons. The van der Waals surface area contributed by atoms with Crippen LogP contribution in [-0.4, -0.2) is 56.7 Å². The number of ether oxygens (including phenoxy) is 1. The second-order valence-corrected chi connectivity index (χ2v) is 6.17. The van der Waals surface area contributed by atoms with E-state index in [1.54, 1.807) is 0 Å². The lowest BCUT2D eigenvalue weighted by atomic mass is 10.0. The largest absolute Gasteiger partial charge is 0.772 e. The first-order chi connectivity index (χ1) is 8.80. The summed E-state index contributed by atoms with van der Waals surface area (Å²) < 4.78 is 26.1. The predicted molar refractivity (Wildman–Crippen MR) is 66.7 cm³/mol. The van der Waals surface area contributed by atoms with E-state index in [0.717, 1.165) is 0 Å². The van der Waals surface area contributed by atoms with Gasteiger partial charge in [-0.2, -0.15) is 0 Å². The summed E-state index contributed by atoms with van der Waals surface area (Å²) in [5, 5.41) is 0. The summed E-state index contributed by atoms with van der Waals surface area (Å²) in [6, 6.07) is 0.0153. The molecule has 9 heteroatoms. The molecule has 110 valence electrons. The summed E-state index contributed by atoms with van der Waals surface area (Å²) in [7, 11) is 1.48. The van der Waals surface area contributed by atoms with Gasteiger partial charge in [-0.3, -0.25) is 14.4 Å². The molecule has 2 amide bonds. The predicted octanol–water partition coefficient (Wildman–Crippen LogP) is -0.894. The number of amides is 2. The highest BCUT2D eigenvalue weighted by Crippen LogP contribution is 2.24. The van der Waals surface area contributed by atoms with Crippen LogP contribution in [0, 0.1) is 0 Å². The van der Waals surface area contributed by atoms with Crippen LogP contribution in [0.1, 0.15) is 20.3 Å². The van der Waals surface area contributed by atoms with E-state index >= 15 is 0 Å². The summed E-state index contributed by atoms with van der Waals surface area (Å²) in [6.45, 7) is 2.95. The Kier molecular flexibility index (Phi) is 5.27. The summed E-state index contributed by atoms with van der Waals surface area (Å²) in [6.07, 6.45) is -0.356. The molecular weight excluding hydrogens is 274 g/mol. The van der Waals surface area contributed by atoms with E-state index in [9.17, 15) is 18.4 Å². The molecule has 1 saturated heterocycles. The minimum atomic E-state index is -2.48.